The third kappa shape index (κ3) is 7.53. The van der Waals surface area contributed by atoms with Crippen LogP contribution < -0.4 is 15.5 Å². The summed E-state index contributed by atoms with van der Waals surface area (Å²) in [6.07, 6.45) is 2.53. The maximum absolute atomic E-state index is 14.0. The molecular weight excluding hydrogens is 493 g/mol. The average molecular weight is 524 g/mol. The fourth-order valence-corrected chi connectivity index (χ4v) is 3.29. The number of para-hydroxylation sites is 1. The highest BCUT2D eigenvalue weighted by molar-refractivity contribution is 14.0. The molecule has 0 aromatic heterocycles. The summed E-state index contributed by atoms with van der Waals surface area (Å²) in [6.45, 7) is 4.91. The van der Waals surface area contributed by atoms with Crippen LogP contribution in [0.15, 0.2) is 23.2 Å². The van der Waals surface area contributed by atoms with Crippen molar-refractivity contribution in [1.82, 2.24) is 10.6 Å². The molecule has 0 spiro atoms. The predicted molar refractivity (Wildman–Crippen MR) is 121 cm³/mol. The molecule has 29 heavy (non-hydrogen) atoms. The molecule has 3 rings (SSSR count). The Kier molecular flexibility index (Phi) is 9.84. The number of rotatable bonds is 9. The first kappa shape index (κ1) is 24.1. The fraction of sp³-hybridized carbons (Fsp3) is 0.650. The van der Waals surface area contributed by atoms with Crippen LogP contribution in [-0.4, -0.2) is 62.6 Å². The van der Waals surface area contributed by atoms with E-state index < -0.39 is 17.7 Å². The van der Waals surface area contributed by atoms with Gasteiger partial charge in [-0.05, 0) is 44.2 Å². The summed E-state index contributed by atoms with van der Waals surface area (Å²) in [5, 5.41) is 16.5. The standard InChI is InChI=1S/C20H30F2N4O2.HI/c1-2-23-20(24-10-16(27)13-28-12-14-6-7-14)25-15-8-9-26(11-15)19-17(21)4-3-5-18(19)22;/h3-5,14-16,27H,2,6-13H2,1H3,(H2,23,24,25);1H. The Morgan fingerprint density at radius 1 is 1.31 bits per heavy atom. The summed E-state index contributed by atoms with van der Waals surface area (Å²) in [6, 6.07) is 3.93. The van der Waals surface area contributed by atoms with E-state index in [-0.39, 0.29) is 48.9 Å². The van der Waals surface area contributed by atoms with Gasteiger partial charge in [0.05, 0.1) is 19.3 Å². The second-order valence-electron chi connectivity index (χ2n) is 7.50. The van der Waals surface area contributed by atoms with Gasteiger partial charge in [0.15, 0.2) is 5.96 Å². The predicted octanol–water partition coefficient (Wildman–Crippen LogP) is 2.50. The van der Waals surface area contributed by atoms with E-state index in [0.29, 0.717) is 38.1 Å². The topological polar surface area (TPSA) is 69.1 Å². The van der Waals surface area contributed by atoms with E-state index in [1.807, 2.05) is 6.92 Å². The quantitative estimate of drug-likeness (QED) is 0.263. The Morgan fingerprint density at radius 3 is 2.69 bits per heavy atom. The van der Waals surface area contributed by atoms with Gasteiger partial charge in [-0.2, -0.15) is 0 Å². The highest BCUT2D eigenvalue weighted by Crippen LogP contribution is 2.29. The first-order valence-electron chi connectivity index (χ1n) is 10.1. The molecular formula is C20H31F2IN4O2. The second-order valence-corrected chi connectivity index (χ2v) is 7.50. The van der Waals surface area contributed by atoms with Crippen molar-refractivity contribution in [1.29, 1.82) is 0 Å². The van der Waals surface area contributed by atoms with Gasteiger partial charge in [-0.15, -0.1) is 24.0 Å². The number of aliphatic hydroxyl groups excluding tert-OH is 1. The molecule has 1 saturated carbocycles. The van der Waals surface area contributed by atoms with Gasteiger partial charge in [-0.1, -0.05) is 6.07 Å². The number of guanidine groups is 1. The van der Waals surface area contributed by atoms with Crippen LogP contribution in [0.2, 0.25) is 0 Å². The molecule has 2 unspecified atom stereocenters. The van der Waals surface area contributed by atoms with E-state index in [1.54, 1.807) is 4.90 Å². The van der Waals surface area contributed by atoms with Crippen molar-refractivity contribution in [2.24, 2.45) is 10.9 Å². The monoisotopic (exact) mass is 524 g/mol. The maximum atomic E-state index is 14.0. The number of halogens is 3. The van der Waals surface area contributed by atoms with Crippen LogP contribution >= 0.6 is 24.0 Å². The van der Waals surface area contributed by atoms with Gasteiger partial charge in [0.1, 0.15) is 17.3 Å². The molecule has 1 aromatic carbocycles. The Balaban J connectivity index is 0.00000300. The lowest BCUT2D eigenvalue weighted by atomic mass is 10.2. The van der Waals surface area contributed by atoms with E-state index >= 15 is 0 Å². The Bertz CT molecular complexity index is 656. The van der Waals surface area contributed by atoms with E-state index in [4.69, 9.17) is 4.74 Å². The minimum Gasteiger partial charge on any atom is -0.389 e. The summed E-state index contributed by atoms with van der Waals surface area (Å²) in [5.74, 6) is 0.162. The van der Waals surface area contributed by atoms with E-state index in [9.17, 15) is 13.9 Å². The Morgan fingerprint density at radius 2 is 2.03 bits per heavy atom. The summed E-state index contributed by atoms with van der Waals surface area (Å²) >= 11 is 0. The van der Waals surface area contributed by atoms with Crippen LogP contribution in [0.5, 0.6) is 0 Å². The van der Waals surface area contributed by atoms with E-state index in [0.717, 1.165) is 6.42 Å². The van der Waals surface area contributed by atoms with Crippen LogP contribution in [0, 0.1) is 17.6 Å². The Labute approximate surface area is 188 Å². The number of hydrogen-bond donors (Lipinski definition) is 3. The number of nitrogens with one attached hydrogen (secondary N) is 2. The van der Waals surface area contributed by atoms with Gasteiger partial charge in [0, 0.05) is 32.3 Å². The van der Waals surface area contributed by atoms with Crippen LogP contribution in [0.25, 0.3) is 0 Å². The SMILES string of the molecule is CCNC(=NCC(O)COCC1CC1)NC1CCN(c2c(F)cccc2F)C1.I. The van der Waals surface area contributed by atoms with E-state index in [1.165, 1.54) is 31.0 Å². The molecule has 9 heteroatoms. The van der Waals surface area contributed by atoms with Crippen molar-refractivity contribution >= 4 is 35.6 Å². The summed E-state index contributed by atoms with van der Waals surface area (Å²) in [7, 11) is 0. The molecule has 164 valence electrons. The van der Waals surface area contributed by atoms with Crippen LogP contribution in [0.1, 0.15) is 26.2 Å². The number of anilines is 1. The molecule has 0 bridgehead atoms. The van der Waals surface area contributed by atoms with Gasteiger partial charge in [0.2, 0.25) is 0 Å². The number of aliphatic imine (C=N–C) groups is 1. The minimum absolute atomic E-state index is 0. The molecule has 1 heterocycles. The molecule has 0 radical (unpaired) electrons. The molecule has 6 nitrogen and oxygen atoms in total. The largest absolute Gasteiger partial charge is 0.389 e. The first-order valence-corrected chi connectivity index (χ1v) is 10.1. The normalized spacial score (nSPS) is 20.3. The third-order valence-electron chi connectivity index (χ3n) is 4.95. The van der Waals surface area contributed by atoms with Crippen LogP contribution in [0.4, 0.5) is 14.5 Å². The Hall–Kier alpha value is -1.20. The lowest BCUT2D eigenvalue weighted by molar-refractivity contribution is 0.0368. The molecule has 3 N–H and O–H groups in total. The third-order valence-corrected chi connectivity index (χ3v) is 4.95. The molecule has 1 aliphatic carbocycles. The molecule has 1 aliphatic heterocycles. The molecule has 2 aliphatic rings. The highest BCUT2D eigenvalue weighted by atomic mass is 127. The summed E-state index contributed by atoms with van der Waals surface area (Å²) in [5.41, 5.74) is 0.0250. The van der Waals surface area contributed by atoms with Crippen molar-refractivity contribution < 1.29 is 18.6 Å². The van der Waals surface area contributed by atoms with Crippen molar-refractivity contribution in [3.05, 3.63) is 29.8 Å². The number of hydrogen-bond acceptors (Lipinski definition) is 4. The second kappa shape index (κ2) is 11.8. The molecule has 0 amide bonds. The van der Waals surface area contributed by atoms with Crippen molar-refractivity contribution in [2.75, 3.05) is 44.3 Å². The zero-order valence-corrected chi connectivity index (χ0v) is 19.1. The molecule has 1 saturated heterocycles. The van der Waals surface area contributed by atoms with Crippen LogP contribution in [0.3, 0.4) is 0 Å². The molecule has 2 atom stereocenters. The lowest BCUT2D eigenvalue weighted by Gasteiger charge is -2.21. The molecule has 1 aromatic rings. The fourth-order valence-electron chi connectivity index (χ4n) is 3.29. The van der Waals surface area contributed by atoms with Crippen LogP contribution in [-0.2, 0) is 4.74 Å². The number of aliphatic hydroxyl groups is 1. The lowest BCUT2D eigenvalue weighted by Crippen LogP contribution is -2.45. The number of ether oxygens (including phenoxy) is 1. The van der Waals surface area contributed by atoms with Gasteiger partial charge in [-0.3, -0.25) is 4.99 Å². The van der Waals surface area contributed by atoms with Gasteiger partial charge >= 0.3 is 0 Å². The zero-order chi connectivity index (χ0) is 19.9. The van der Waals surface area contributed by atoms with Crippen molar-refractivity contribution in [3.8, 4) is 0 Å². The first-order chi connectivity index (χ1) is 13.6. The van der Waals surface area contributed by atoms with Crippen molar-refractivity contribution in [3.63, 3.8) is 0 Å². The number of benzene rings is 1. The van der Waals surface area contributed by atoms with Crippen molar-refractivity contribution in [2.45, 2.75) is 38.3 Å². The zero-order valence-electron chi connectivity index (χ0n) is 16.7. The van der Waals surface area contributed by atoms with Gasteiger partial charge in [0.25, 0.3) is 0 Å². The van der Waals surface area contributed by atoms with E-state index in [2.05, 4.69) is 15.6 Å². The minimum atomic E-state index is -0.651. The summed E-state index contributed by atoms with van der Waals surface area (Å²) in [4.78, 5) is 6.14. The smallest absolute Gasteiger partial charge is 0.191 e. The number of nitrogens with zero attached hydrogens (tertiary/aromatic N) is 2. The maximum Gasteiger partial charge on any atom is 0.191 e. The molecule has 2 fully saturated rings. The highest BCUT2D eigenvalue weighted by Gasteiger charge is 2.27. The van der Waals surface area contributed by atoms with Gasteiger partial charge < -0.3 is 25.4 Å². The average Bonchev–Trinajstić information content (AvgIpc) is 3.37. The summed E-state index contributed by atoms with van der Waals surface area (Å²) < 4.78 is 33.5. The van der Waals surface area contributed by atoms with Gasteiger partial charge in [-0.25, -0.2) is 8.78 Å².